The topological polar surface area (TPSA) is 142 Å². The molecule has 0 aliphatic carbocycles. The van der Waals surface area contributed by atoms with Crippen molar-refractivity contribution in [1.29, 1.82) is 5.26 Å². The number of rotatable bonds is 6. The van der Waals surface area contributed by atoms with Crippen LogP contribution in [0.1, 0.15) is 43.1 Å². The van der Waals surface area contributed by atoms with Crippen molar-refractivity contribution in [2.75, 3.05) is 16.8 Å². The maximum Gasteiger partial charge on any atom is 0.253 e. The number of carbonyl (C=O) groups excluding carboxylic acids is 1. The first-order valence-electron chi connectivity index (χ1n) is 11.2. The minimum Gasteiger partial charge on any atom is -0.365 e. The van der Waals surface area contributed by atoms with Crippen molar-refractivity contribution in [2.45, 2.75) is 42.7 Å². The lowest BCUT2D eigenvalue weighted by atomic mass is 9.97. The van der Waals surface area contributed by atoms with Crippen molar-refractivity contribution in [2.24, 2.45) is 11.7 Å². The Bertz CT molecular complexity index is 1500. The van der Waals surface area contributed by atoms with Crippen molar-refractivity contribution in [3.63, 3.8) is 0 Å². The Kier molecular flexibility index (Phi) is 6.41. The quantitative estimate of drug-likeness (QED) is 0.512. The van der Waals surface area contributed by atoms with Gasteiger partial charge in [0.15, 0.2) is 5.03 Å². The normalized spacial score (nSPS) is 17.0. The van der Waals surface area contributed by atoms with Gasteiger partial charge in [0.2, 0.25) is 9.84 Å². The second kappa shape index (κ2) is 9.20. The largest absolute Gasteiger partial charge is 0.365 e. The molecule has 1 aliphatic rings. The average molecular weight is 509 g/mol. The second-order valence-corrected chi connectivity index (χ2v) is 11.3. The standard InChI is InChI=1S/C25H25FN6O3S/c1-15-12-25(2,3)32(14-15)24-22(23(28)33)19(9-10-29-24)36(34,35)21-6-4-5-20(31-21)30-17-7-8-18(26)16(11-17)13-27/h4-11,15H,12,14H2,1-3H3,(H2,28,33)(H,30,31). The fraction of sp³-hybridized carbons (Fsp3) is 0.280. The molecule has 9 nitrogen and oxygen atoms in total. The van der Waals surface area contributed by atoms with E-state index < -0.39 is 21.6 Å². The van der Waals surface area contributed by atoms with Crippen molar-refractivity contribution in [3.05, 3.63) is 65.6 Å². The Labute approximate surface area is 208 Å². The van der Waals surface area contributed by atoms with E-state index >= 15 is 0 Å². The number of nitriles is 1. The van der Waals surface area contributed by atoms with Crippen LogP contribution in [-0.4, -0.2) is 36.4 Å². The number of pyridine rings is 2. The molecule has 2 aromatic heterocycles. The number of amides is 1. The predicted octanol–water partition coefficient (Wildman–Crippen LogP) is 3.79. The number of nitrogens with two attached hydrogens (primary N) is 1. The molecule has 1 saturated heterocycles. The Morgan fingerprint density at radius 3 is 2.67 bits per heavy atom. The van der Waals surface area contributed by atoms with Gasteiger partial charge >= 0.3 is 0 Å². The number of anilines is 3. The van der Waals surface area contributed by atoms with E-state index in [1.54, 1.807) is 6.07 Å². The van der Waals surface area contributed by atoms with Gasteiger partial charge in [0.05, 0.1) is 10.5 Å². The number of halogens is 1. The molecule has 1 unspecified atom stereocenters. The lowest BCUT2D eigenvalue weighted by Gasteiger charge is -2.33. The van der Waals surface area contributed by atoms with E-state index in [9.17, 15) is 17.6 Å². The van der Waals surface area contributed by atoms with E-state index in [1.165, 1.54) is 42.6 Å². The predicted molar refractivity (Wildman–Crippen MR) is 132 cm³/mol. The van der Waals surface area contributed by atoms with Crippen LogP contribution in [0.3, 0.4) is 0 Å². The highest BCUT2D eigenvalue weighted by atomic mass is 32.2. The Balaban J connectivity index is 1.77. The molecule has 1 amide bonds. The Morgan fingerprint density at radius 1 is 1.28 bits per heavy atom. The summed E-state index contributed by atoms with van der Waals surface area (Å²) < 4.78 is 41.0. The van der Waals surface area contributed by atoms with E-state index in [-0.39, 0.29) is 38.2 Å². The summed E-state index contributed by atoms with van der Waals surface area (Å²) in [5, 5.41) is 11.6. The fourth-order valence-electron chi connectivity index (χ4n) is 4.64. The van der Waals surface area contributed by atoms with E-state index in [0.717, 1.165) is 12.5 Å². The van der Waals surface area contributed by atoms with E-state index in [0.29, 0.717) is 18.2 Å². The summed E-state index contributed by atoms with van der Waals surface area (Å²) in [5.41, 5.74) is 5.34. The molecule has 1 fully saturated rings. The number of hydrogen-bond acceptors (Lipinski definition) is 8. The number of carbonyl (C=O) groups is 1. The highest BCUT2D eigenvalue weighted by Gasteiger charge is 2.40. The minimum atomic E-state index is -4.28. The van der Waals surface area contributed by atoms with Crippen LogP contribution in [0.4, 0.5) is 21.7 Å². The molecular formula is C25H25FN6O3S. The van der Waals surface area contributed by atoms with Gasteiger partial charge in [-0.2, -0.15) is 5.26 Å². The first-order valence-corrected chi connectivity index (χ1v) is 12.7. The maximum atomic E-state index is 13.7. The number of benzene rings is 1. The maximum absolute atomic E-state index is 13.7. The van der Waals surface area contributed by atoms with E-state index in [1.807, 2.05) is 18.7 Å². The van der Waals surface area contributed by atoms with Crippen LogP contribution < -0.4 is 16.0 Å². The third-order valence-corrected chi connectivity index (χ3v) is 7.81. The van der Waals surface area contributed by atoms with Crippen LogP contribution in [0.25, 0.3) is 0 Å². The Morgan fingerprint density at radius 2 is 2.03 bits per heavy atom. The number of nitrogens with zero attached hydrogens (tertiary/aromatic N) is 4. The fourth-order valence-corrected chi connectivity index (χ4v) is 6.04. The molecule has 1 atom stereocenters. The lowest BCUT2D eigenvalue weighted by molar-refractivity contribution is 0.0997. The van der Waals surface area contributed by atoms with Crippen molar-refractivity contribution < 1.29 is 17.6 Å². The zero-order valence-electron chi connectivity index (χ0n) is 20.0. The zero-order valence-corrected chi connectivity index (χ0v) is 20.8. The van der Waals surface area contributed by atoms with Crippen LogP contribution in [0.5, 0.6) is 0 Å². The third-order valence-electron chi connectivity index (χ3n) is 6.12. The van der Waals surface area contributed by atoms with Gasteiger partial charge in [-0.05, 0) is 62.6 Å². The van der Waals surface area contributed by atoms with Gasteiger partial charge in [-0.3, -0.25) is 4.79 Å². The number of nitrogens with one attached hydrogen (secondary N) is 1. The summed E-state index contributed by atoms with van der Waals surface area (Å²) in [4.78, 5) is 22.8. The lowest BCUT2D eigenvalue weighted by Crippen LogP contribution is -2.40. The summed E-state index contributed by atoms with van der Waals surface area (Å²) in [6, 6.07) is 11.1. The Hall–Kier alpha value is -4.04. The van der Waals surface area contributed by atoms with Gasteiger partial charge in [0.1, 0.15) is 29.1 Å². The number of primary amides is 1. The first kappa shape index (κ1) is 25.1. The summed E-state index contributed by atoms with van der Waals surface area (Å²) in [7, 11) is -4.28. The summed E-state index contributed by atoms with van der Waals surface area (Å²) in [6.07, 6.45) is 2.19. The highest BCUT2D eigenvalue weighted by molar-refractivity contribution is 7.91. The molecule has 0 bridgehead atoms. The minimum absolute atomic E-state index is 0.149. The molecule has 186 valence electrons. The summed E-state index contributed by atoms with van der Waals surface area (Å²) >= 11 is 0. The van der Waals surface area contributed by atoms with Gasteiger partial charge in [-0.15, -0.1) is 0 Å². The average Bonchev–Trinajstić information content (AvgIpc) is 3.11. The van der Waals surface area contributed by atoms with E-state index in [2.05, 4.69) is 22.2 Å². The van der Waals surface area contributed by atoms with Crippen molar-refractivity contribution >= 4 is 33.1 Å². The molecule has 1 aliphatic heterocycles. The van der Waals surface area contributed by atoms with Gasteiger partial charge in [0, 0.05) is 24.0 Å². The SMILES string of the molecule is CC1CN(c2nccc(S(=O)(=O)c3cccc(Nc4ccc(F)c(C#N)c4)n3)c2C(N)=O)C(C)(C)C1. The number of hydrogen-bond donors (Lipinski definition) is 2. The van der Waals surface area contributed by atoms with Crippen LogP contribution in [0, 0.1) is 23.1 Å². The van der Waals surface area contributed by atoms with Crippen LogP contribution in [0.15, 0.2) is 58.6 Å². The van der Waals surface area contributed by atoms with Crippen LogP contribution in [-0.2, 0) is 9.84 Å². The molecule has 3 N–H and O–H groups in total. The molecule has 0 radical (unpaired) electrons. The van der Waals surface area contributed by atoms with Gasteiger partial charge in [-0.1, -0.05) is 13.0 Å². The number of aromatic nitrogens is 2. The second-order valence-electron chi connectivity index (χ2n) is 9.40. The molecule has 0 spiro atoms. The molecule has 3 aromatic rings. The van der Waals surface area contributed by atoms with E-state index in [4.69, 9.17) is 11.0 Å². The molecule has 4 rings (SSSR count). The smallest absolute Gasteiger partial charge is 0.253 e. The number of sulfone groups is 1. The van der Waals surface area contributed by atoms with Gasteiger partial charge < -0.3 is 16.0 Å². The molecule has 11 heteroatoms. The van der Waals surface area contributed by atoms with Crippen molar-refractivity contribution in [3.8, 4) is 6.07 Å². The molecular weight excluding hydrogens is 483 g/mol. The van der Waals surface area contributed by atoms with Gasteiger partial charge in [-0.25, -0.2) is 22.8 Å². The molecule has 36 heavy (non-hydrogen) atoms. The molecule has 3 heterocycles. The highest BCUT2D eigenvalue weighted by Crippen LogP contribution is 2.39. The first-order chi connectivity index (χ1) is 16.9. The van der Waals surface area contributed by atoms with Gasteiger partial charge in [0.25, 0.3) is 5.91 Å². The van der Waals surface area contributed by atoms with Crippen molar-refractivity contribution in [1.82, 2.24) is 9.97 Å². The van der Waals surface area contributed by atoms with Crippen LogP contribution >= 0.6 is 0 Å². The third kappa shape index (κ3) is 4.59. The molecule has 0 saturated carbocycles. The zero-order chi connectivity index (χ0) is 26.3. The summed E-state index contributed by atoms with van der Waals surface area (Å²) in [5.74, 6) is -0.884. The summed E-state index contributed by atoms with van der Waals surface area (Å²) in [6.45, 7) is 6.70. The van der Waals surface area contributed by atoms with Crippen LogP contribution in [0.2, 0.25) is 0 Å². The monoisotopic (exact) mass is 508 g/mol. The molecule has 1 aromatic carbocycles.